The minimum Gasteiger partial charge on any atom is -0.350 e. The molecule has 0 spiro atoms. The Morgan fingerprint density at radius 3 is 2.52 bits per heavy atom. The van der Waals surface area contributed by atoms with Gasteiger partial charge in [-0.2, -0.15) is 0 Å². The van der Waals surface area contributed by atoms with Gasteiger partial charge in [0.2, 0.25) is 0 Å². The fourth-order valence-electron chi connectivity index (χ4n) is 1.84. The minimum atomic E-state index is -0.637. The summed E-state index contributed by atoms with van der Waals surface area (Å²) in [6, 6.07) is 8.30. The second-order valence-electron chi connectivity index (χ2n) is 4.41. The molecule has 0 fully saturated rings. The van der Waals surface area contributed by atoms with Gasteiger partial charge >= 0.3 is 0 Å². The van der Waals surface area contributed by atoms with Crippen LogP contribution in [0.1, 0.15) is 21.6 Å². The Balaban J connectivity index is 2.25. The second-order valence-corrected chi connectivity index (χ2v) is 4.85. The lowest BCUT2D eigenvalue weighted by Gasteiger charge is -1.98. The molecule has 0 unspecified atom stereocenters. The summed E-state index contributed by atoms with van der Waals surface area (Å²) in [4.78, 5) is 23.3. The molecule has 5 nitrogen and oxygen atoms in total. The van der Waals surface area contributed by atoms with E-state index in [4.69, 9.17) is 16.8 Å². The number of ketones is 1. The Kier molecular flexibility index (Phi) is 4.57. The van der Waals surface area contributed by atoms with E-state index >= 15 is 0 Å². The van der Waals surface area contributed by atoms with Crippen molar-refractivity contribution < 1.29 is 14.8 Å². The number of hydrogen-bond donors (Lipinski definition) is 2. The van der Waals surface area contributed by atoms with Crippen LogP contribution < -0.4 is 5.48 Å². The summed E-state index contributed by atoms with van der Waals surface area (Å²) < 4.78 is 1.71. The molecule has 1 aromatic carbocycles. The maximum Gasteiger partial charge on any atom is 0.267 e. The van der Waals surface area contributed by atoms with Crippen molar-refractivity contribution in [3.63, 3.8) is 0 Å². The molecular weight excluding hydrogens is 292 g/mol. The first-order chi connectivity index (χ1) is 10.0. The summed E-state index contributed by atoms with van der Waals surface area (Å²) in [5.74, 6) is -0.768. The van der Waals surface area contributed by atoms with Crippen LogP contribution in [0.25, 0.3) is 6.08 Å². The van der Waals surface area contributed by atoms with E-state index in [0.29, 0.717) is 21.8 Å². The van der Waals surface area contributed by atoms with Crippen LogP contribution >= 0.6 is 11.6 Å². The van der Waals surface area contributed by atoms with Crippen molar-refractivity contribution in [1.82, 2.24) is 10.0 Å². The number of aromatic nitrogens is 1. The Hall–Kier alpha value is -2.37. The van der Waals surface area contributed by atoms with E-state index in [2.05, 4.69) is 0 Å². The van der Waals surface area contributed by atoms with E-state index < -0.39 is 5.91 Å². The molecule has 0 atom stereocenters. The minimum absolute atomic E-state index is 0.131. The maximum atomic E-state index is 12.3. The Morgan fingerprint density at radius 2 is 1.90 bits per heavy atom. The molecule has 2 rings (SSSR count). The fourth-order valence-corrected chi connectivity index (χ4v) is 1.96. The van der Waals surface area contributed by atoms with E-state index in [0.717, 1.165) is 0 Å². The average Bonchev–Trinajstić information content (AvgIpc) is 2.86. The van der Waals surface area contributed by atoms with Crippen molar-refractivity contribution in [1.29, 1.82) is 0 Å². The molecule has 0 aliphatic rings. The van der Waals surface area contributed by atoms with Gasteiger partial charge in [0.1, 0.15) is 0 Å². The van der Waals surface area contributed by atoms with Crippen molar-refractivity contribution >= 4 is 29.4 Å². The number of aryl methyl sites for hydroxylation is 1. The number of hydrogen-bond acceptors (Lipinski definition) is 3. The zero-order chi connectivity index (χ0) is 15.4. The number of amides is 1. The largest absolute Gasteiger partial charge is 0.350 e. The molecule has 0 bridgehead atoms. The molecule has 0 saturated carbocycles. The van der Waals surface area contributed by atoms with Crippen molar-refractivity contribution in [2.45, 2.75) is 0 Å². The highest BCUT2D eigenvalue weighted by atomic mass is 35.5. The summed E-state index contributed by atoms with van der Waals surface area (Å²) in [6.45, 7) is 0. The van der Waals surface area contributed by atoms with Gasteiger partial charge in [-0.15, -0.1) is 0 Å². The lowest BCUT2D eigenvalue weighted by molar-refractivity contribution is -0.124. The van der Waals surface area contributed by atoms with Crippen LogP contribution in [0.3, 0.4) is 0 Å². The van der Waals surface area contributed by atoms with Crippen LogP contribution in [0.2, 0.25) is 5.02 Å². The third-order valence-electron chi connectivity index (χ3n) is 2.93. The number of rotatable bonds is 4. The topological polar surface area (TPSA) is 71.3 Å². The predicted octanol–water partition coefficient (Wildman–Crippen LogP) is 2.43. The third kappa shape index (κ3) is 3.59. The normalized spacial score (nSPS) is 10.8. The van der Waals surface area contributed by atoms with Crippen molar-refractivity contribution in [2.24, 2.45) is 7.05 Å². The molecule has 108 valence electrons. The molecule has 0 saturated heterocycles. The van der Waals surface area contributed by atoms with Gasteiger partial charge in [-0.1, -0.05) is 11.6 Å². The van der Waals surface area contributed by atoms with E-state index in [1.807, 2.05) is 0 Å². The molecular formula is C15H13ClN2O3. The summed E-state index contributed by atoms with van der Waals surface area (Å²) in [5, 5.41) is 8.99. The van der Waals surface area contributed by atoms with Crippen LogP contribution in [0.5, 0.6) is 0 Å². The summed E-state index contributed by atoms with van der Waals surface area (Å²) >= 11 is 5.79. The SMILES string of the molecule is Cn1cc(C(=O)c2ccc(Cl)cc2)cc1/C=C/C(=O)NO. The zero-order valence-electron chi connectivity index (χ0n) is 11.2. The van der Waals surface area contributed by atoms with Gasteiger partial charge < -0.3 is 4.57 Å². The Labute approximate surface area is 126 Å². The monoisotopic (exact) mass is 304 g/mol. The highest BCUT2D eigenvalue weighted by molar-refractivity contribution is 6.30. The number of halogens is 1. The van der Waals surface area contributed by atoms with Gasteiger partial charge in [-0.3, -0.25) is 14.8 Å². The maximum absolute atomic E-state index is 12.3. The predicted molar refractivity (Wildman–Crippen MR) is 79.3 cm³/mol. The molecule has 0 aliphatic carbocycles. The van der Waals surface area contributed by atoms with Gasteiger partial charge in [-0.05, 0) is 36.4 Å². The highest BCUT2D eigenvalue weighted by Crippen LogP contribution is 2.16. The summed E-state index contributed by atoms with van der Waals surface area (Å²) in [7, 11) is 1.76. The van der Waals surface area contributed by atoms with Crippen molar-refractivity contribution in [2.75, 3.05) is 0 Å². The zero-order valence-corrected chi connectivity index (χ0v) is 12.0. The van der Waals surface area contributed by atoms with Gasteiger partial charge in [0.25, 0.3) is 5.91 Å². The average molecular weight is 305 g/mol. The molecule has 21 heavy (non-hydrogen) atoms. The molecule has 0 aliphatic heterocycles. The molecule has 2 aromatic rings. The van der Waals surface area contributed by atoms with Crippen LogP contribution in [0.15, 0.2) is 42.6 Å². The van der Waals surface area contributed by atoms with E-state index in [1.54, 1.807) is 48.1 Å². The first kappa shape index (κ1) is 15.0. The van der Waals surface area contributed by atoms with Crippen LogP contribution in [-0.4, -0.2) is 21.5 Å². The lowest BCUT2D eigenvalue weighted by atomic mass is 10.1. The quantitative estimate of drug-likeness (QED) is 0.394. The molecule has 0 radical (unpaired) electrons. The molecule has 1 aromatic heterocycles. The molecule has 1 amide bonds. The molecule has 2 N–H and O–H groups in total. The second kappa shape index (κ2) is 6.39. The first-order valence-electron chi connectivity index (χ1n) is 6.10. The number of nitrogens with one attached hydrogen (secondary N) is 1. The lowest BCUT2D eigenvalue weighted by Crippen LogP contribution is -2.14. The van der Waals surface area contributed by atoms with E-state index in [1.165, 1.54) is 17.6 Å². The van der Waals surface area contributed by atoms with Crippen LogP contribution in [0, 0.1) is 0 Å². The van der Waals surface area contributed by atoms with Crippen molar-refractivity contribution in [3.05, 3.63) is 64.4 Å². The number of nitrogens with zero attached hydrogens (tertiary/aromatic N) is 1. The van der Waals surface area contributed by atoms with Gasteiger partial charge in [0, 0.05) is 41.2 Å². The summed E-state index contributed by atoms with van der Waals surface area (Å²) in [5.41, 5.74) is 3.20. The van der Waals surface area contributed by atoms with Gasteiger partial charge in [0.05, 0.1) is 0 Å². The van der Waals surface area contributed by atoms with Crippen molar-refractivity contribution in [3.8, 4) is 0 Å². The fraction of sp³-hybridized carbons (Fsp3) is 0.0667. The van der Waals surface area contributed by atoms with Gasteiger partial charge in [0.15, 0.2) is 5.78 Å². The van der Waals surface area contributed by atoms with E-state index in [-0.39, 0.29) is 5.78 Å². The summed E-state index contributed by atoms with van der Waals surface area (Å²) in [6.07, 6.45) is 4.35. The molecule has 6 heteroatoms. The first-order valence-corrected chi connectivity index (χ1v) is 6.48. The molecule has 1 heterocycles. The van der Waals surface area contributed by atoms with E-state index in [9.17, 15) is 9.59 Å². The number of carbonyl (C=O) groups excluding carboxylic acids is 2. The number of benzene rings is 1. The highest BCUT2D eigenvalue weighted by Gasteiger charge is 2.12. The van der Waals surface area contributed by atoms with Gasteiger partial charge in [-0.25, -0.2) is 5.48 Å². The Bertz CT molecular complexity index is 702. The van der Waals surface area contributed by atoms with Crippen LogP contribution in [0.4, 0.5) is 0 Å². The standard InChI is InChI=1S/C15H13ClN2O3/c1-18-9-11(8-13(18)6-7-14(19)17-21)15(20)10-2-4-12(16)5-3-10/h2-9,21H,1H3,(H,17,19)/b7-6+. The third-order valence-corrected chi connectivity index (χ3v) is 3.18. The Morgan fingerprint density at radius 1 is 1.24 bits per heavy atom. The number of hydroxylamine groups is 1. The van der Waals surface area contributed by atoms with Crippen LogP contribution in [-0.2, 0) is 11.8 Å². The number of carbonyl (C=O) groups is 2. The smallest absolute Gasteiger partial charge is 0.267 e.